The number of nitrogens with one attached hydrogen (secondary N) is 1. The Hall–Kier alpha value is -2.00. The molecule has 0 atom stereocenters. The van der Waals surface area contributed by atoms with E-state index in [1.807, 2.05) is 14.0 Å². The summed E-state index contributed by atoms with van der Waals surface area (Å²) in [6, 6.07) is 15.4. The number of rotatable bonds is 11. The number of unbranched alkanes of at least 4 members (excludes halogenated alkanes) is 1. The summed E-state index contributed by atoms with van der Waals surface area (Å²) in [5.74, 6) is 0. The van der Waals surface area contributed by atoms with Crippen LogP contribution in [0.2, 0.25) is 0 Å². The van der Waals surface area contributed by atoms with Crippen molar-refractivity contribution in [1.82, 2.24) is 4.72 Å². The Morgan fingerprint density at radius 1 is 1.00 bits per heavy atom. The summed E-state index contributed by atoms with van der Waals surface area (Å²) >= 11 is 1.36. The van der Waals surface area contributed by atoms with Crippen LogP contribution in [0, 0.1) is 11.3 Å². The normalized spacial score (nSPS) is 12.0. The zero-order valence-electron chi connectivity index (χ0n) is 22.6. The predicted molar refractivity (Wildman–Crippen MR) is 152 cm³/mol. The lowest BCUT2D eigenvalue weighted by Gasteiger charge is -2.24. The maximum absolute atomic E-state index is 9.33. The van der Waals surface area contributed by atoms with E-state index in [2.05, 4.69) is 93.6 Å². The second-order valence-corrected chi connectivity index (χ2v) is 10.4. The first kappa shape index (κ1) is 30.0. The summed E-state index contributed by atoms with van der Waals surface area (Å²) in [6.07, 6.45) is 4.70. The van der Waals surface area contributed by atoms with E-state index >= 15 is 0 Å². The van der Waals surface area contributed by atoms with E-state index in [1.165, 1.54) is 41.2 Å². The van der Waals surface area contributed by atoms with Crippen molar-refractivity contribution in [1.29, 1.82) is 5.26 Å². The lowest BCUT2D eigenvalue weighted by atomic mass is 10.0. The predicted octanol–water partition coefficient (Wildman–Crippen LogP) is 8.19. The van der Waals surface area contributed by atoms with Crippen LogP contribution in [0.25, 0.3) is 16.3 Å². The van der Waals surface area contributed by atoms with E-state index in [9.17, 15) is 5.26 Å². The third-order valence-electron chi connectivity index (χ3n) is 5.29. The molecule has 0 unspecified atom stereocenters. The molecule has 0 radical (unpaired) electrons. The Morgan fingerprint density at radius 2 is 1.62 bits per heavy atom. The molecule has 0 bridgehead atoms. The minimum atomic E-state index is 0.0508. The van der Waals surface area contributed by atoms with E-state index < -0.39 is 0 Å². The highest BCUT2D eigenvalue weighted by molar-refractivity contribution is 8.01. The molecule has 0 fully saturated rings. The van der Waals surface area contributed by atoms with Crippen LogP contribution in [0.15, 0.2) is 41.3 Å². The molecule has 0 saturated carbocycles. The molecule has 2 rings (SSSR count). The van der Waals surface area contributed by atoms with Gasteiger partial charge >= 0.3 is 0 Å². The van der Waals surface area contributed by atoms with Gasteiger partial charge in [0, 0.05) is 25.4 Å². The van der Waals surface area contributed by atoms with Crippen molar-refractivity contribution in [2.24, 2.45) is 0 Å². The highest BCUT2D eigenvalue weighted by Crippen LogP contribution is 2.29. The van der Waals surface area contributed by atoms with Gasteiger partial charge in [-0.2, -0.15) is 5.26 Å². The Balaban J connectivity index is 0.000000546. The monoisotopic (exact) mass is 483 g/mol. The number of ether oxygens (including phenoxy) is 1. The Bertz CT molecular complexity index is 935. The standard InChI is InChI=1S/C21H27N3S.C8H18O/c1-5-11-24(12-6-2)20-10-9-18-13-17(7-8-19(18)14-20)16(3)21(15-22)25-23-4;1-5-6-7-9-8(2,3)4/h7-10,13-14,23H,5-6,11-12H2,1-4H3;5-7H2,1-4H3/b21-16+;. The van der Waals surface area contributed by atoms with Crippen LogP contribution in [0.4, 0.5) is 5.69 Å². The Labute approximate surface area is 212 Å². The van der Waals surface area contributed by atoms with Crippen molar-refractivity contribution in [3.63, 3.8) is 0 Å². The summed E-state index contributed by atoms with van der Waals surface area (Å²) in [5, 5.41) is 11.8. The number of hydrogen-bond donors (Lipinski definition) is 1. The summed E-state index contributed by atoms with van der Waals surface area (Å²) in [7, 11) is 1.83. The summed E-state index contributed by atoms with van der Waals surface area (Å²) in [4.78, 5) is 3.16. The van der Waals surface area contributed by atoms with Gasteiger partial charge in [-0.3, -0.25) is 4.72 Å². The average molecular weight is 484 g/mol. The van der Waals surface area contributed by atoms with Crippen molar-refractivity contribution in [2.75, 3.05) is 31.6 Å². The second kappa shape index (κ2) is 15.8. The highest BCUT2D eigenvalue weighted by atomic mass is 32.2. The third-order valence-corrected chi connectivity index (χ3v) is 6.09. The van der Waals surface area contributed by atoms with Crippen LogP contribution in [-0.4, -0.2) is 32.3 Å². The number of fused-ring (bicyclic) bond motifs is 1. The summed E-state index contributed by atoms with van der Waals surface area (Å²) < 4.78 is 8.45. The van der Waals surface area contributed by atoms with Gasteiger partial charge in [0.25, 0.3) is 0 Å². The Kier molecular flexibility index (Phi) is 14.0. The summed E-state index contributed by atoms with van der Waals surface area (Å²) in [6.45, 7) is 18.0. The molecule has 0 aliphatic rings. The molecule has 188 valence electrons. The molecule has 2 aromatic carbocycles. The first-order valence-electron chi connectivity index (χ1n) is 12.6. The summed E-state index contributed by atoms with van der Waals surface area (Å²) in [5.41, 5.74) is 3.44. The van der Waals surface area contributed by atoms with E-state index in [1.54, 1.807) is 0 Å². The van der Waals surface area contributed by atoms with Gasteiger partial charge in [-0.05, 0) is 106 Å². The average Bonchev–Trinajstić information content (AvgIpc) is 2.81. The van der Waals surface area contributed by atoms with Crippen LogP contribution in [0.3, 0.4) is 0 Å². The van der Waals surface area contributed by atoms with Crippen LogP contribution >= 0.6 is 11.9 Å². The van der Waals surface area contributed by atoms with Crippen molar-refractivity contribution < 1.29 is 4.74 Å². The third kappa shape index (κ3) is 10.5. The molecule has 4 nitrogen and oxygen atoms in total. The van der Waals surface area contributed by atoms with Gasteiger partial charge in [0.15, 0.2) is 0 Å². The number of anilines is 1. The van der Waals surface area contributed by atoms with E-state index in [4.69, 9.17) is 4.74 Å². The van der Waals surface area contributed by atoms with Gasteiger partial charge < -0.3 is 9.64 Å². The minimum Gasteiger partial charge on any atom is -0.376 e. The maximum Gasteiger partial charge on any atom is 0.108 e. The zero-order valence-corrected chi connectivity index (χ0v) is 23.4. The van der Waals surface area contributed by atoms with Crippen LogP contribution in [0.5, 0.6) is 0 Å². The highest BCUT2D eigenvalue weighted by Gasteiger charge is 2.09. The molecular weight excluding hydrogens is 438 g/mol. The van der Waals surface area contributed by atoms with Gasteiger partial charge in [-0.25, -0.2) is 0 Å². The minimum absolute atomic E-state index is 0.0508. The van der Waals surface area contributed by atoms with Gasteiger partial charge in [0.2, 0.25) is 0 Å². The van der Waals surface area contributed by atoms with E-state index in [0.717, 1.165) is 43.7 Å². The maximum atomic E-state index is 9.33. The zero-order chi connectivity index (χ0) is 25.6. The number of benzene rings is 2. The first-order valence-corrected chi connectivity index (χ1v) is 13.4. The van der Waals surface area contributed by atoms with Crippen LogP contribution in [0.1, 0.15) is 79.7 Å². The molecule has 0 aliphatic heterocycles. The molecule has 2 aromatic rings. The van der Waals surface area contributed by atoms with E-state index in [0.29, 0.717) is 4.91 Å². The van der Waals surface area contributed by atoms with E-state index in [-0.39, 0.29) is 5.60 Å². The van der Waals surface area contributed by atoms with Crippen LogP contribution in [-0.2, 0) is 4.74 Å². The van der Waals surface area contributed by atoms with Gasteiger partial charge in [-0.1, -0.05) is 45.4 Å². The quantitative estimate of drug-likeness (QED) is 0.198. The van der Waals surface area contributed by atoms with Crippen molar-refractivity contribution in [2.45, 2.75) is 79.8 Å². The molecule has 34 heavy (non-hydrogen) atoms. The first-order chi connectivity index (χ1) is 16.2. The lowest BCUT2D eigenvalue weighted by molar-refractivity contribution is -0.00415. The molecule has 5 heteroatoms. The lowest BCUT2D eigenvalue weighted by Crippen LogP contribution is -2.24. The molecule has 0 aliphatic carbocycles. The van der Waals surface area contributed by atoms with Crippen molar-refractivity contribution in [3.05, 3.63) is 46.9 Å². The number of hydrogen-bond acceptors (Lipinski definition) is 5. The molecule has 1 N–H and O–H groups in total. The van der Waals surface area contributed by atoms with Gasteiger partial charge in [0.05, 0.1) is 5.60 Å². The smallest absolute Gasteiger partial charge is 0.108 e. The molecular formula is C29H45N3OS. The Morgan fingerprint density at radius 3 is 2.15 bits per heavy atom. The topological polar surface area (TPSA) is 48.3 Å². The molecule has 0 aromatic heterocycles. The molecule has 0 heterocycles. The molecule has 0 spiro atoms. The fourth-order valence-electron chi connectivity index (χ4n) is 3.51. The van der Waals surface area contributed by atoms with Gasteiger partial charge in [-0.15, -0.1) is 0 Å². The SMILES string of the molecule is CCCCOC(C)(C)C.CCCN(CCC)c1ccc2cc(/C(C)=C(\C#N)SNC)ccc2c1. The van der Waals surface area contributed by atoms with Crippen LogP contribution < -0.4 is 9.62 Å². The number of nitrogens with zero attached hydrogens (tertiary/aromatic N) is 2. The largest absolute Gasteiger partial charge is 0.376 e. The van der Waals surface area contributed by atoms with Gasteiger partial charge in [0.1, 0.15) is 11.0 Å². The fourth-order valence-corrected chi connectivity index (χ4v) is 4.03. The molecule has 0 amide bonds. The fraction of sp³-hybridized carbons (Fsp3) is 0.552. The molecule has 0 saturated heterocycles. The van der Waals surface area contributed by atoms with Crippen molar-refractivity contribution in [3.8, 4) is 6.07 Å². The second-order valence-electron chi connectivity index (χ2n) is 9.42. The number of nitriles is 1. The van der Waals surface area contributed by atoms with Crippen molar-refractivity contribution >= 4 is 34.0 Å². The number of allylic oxidation sites excluding steroid dienone is 2.